The fourth-order valence-electron chi connectivity index (χ4n) is 3.01. The van der Waals surface area contributed by atoms with Gasteiger partial charge in [-0.15, -0.1) is 0 Å². The minimum absolute atomic E-state index is 0.169. The van der Waals surface area contributed by atoms with E-state index in [1.165, 1.54) is 18.7 Å². The number of hydrogen-bond donors (Lipinski definition) is 3. The minimum atomic E-state index is -0.485. The lowest BCUT2D eigenvalue weighted by Gasteiger charge is -2.29. The van der Waals surface area contributed by atoms with E-state index in [1.807, 2.05) is 59.5 Å². The van der Waals surface area contributed by atoms with Gasteiger partial charge >= 0.3 is 0 Å². The molecular weight excluding hydrogens is 360 g/mol. The molecule has 5 N–H and O–H groups in total. The number of carbonyl (C=O) groups is 2. The molecular formula is C20H22N4O2S. The van der Waals surface area contributed by atoms with Gasteiger partial charge in [-0.25, -0.2) is 0 Å². The number of carbonyl (C=O) groups excluding carboxylic acids is 2. The molecule has 140 valence electrons. The van der Waals surface area contributed by atoms with Crippen LogP contribution >= 0.6 is 11.8 Å². The van der Waals surface area contributed by atoms with Gasteiger partial charge in [-0.2, -0.15) is 0 Å². The highest BCUT2D eigenvalue weighted by Gasteiger charge is 2.36. The fourth-order valence-corrected chi connectivity index (χ4v) is 4.27. The van der Waals surface area contributed by atoms with Crippen molar-refractivity contribution in [3.8, 4) is 0 Å². The summed E-state index contributed by atoms with van der Waals surface area (Å²) in [5, 5.41) is 2.89. The maximum atomic E-state index is 12.1. The number of thioether (sulfide) groups is 1. The molecule has 1 atom stereocenters. The van der Waals surface area contributed by atoms with Crippen molar-refractivity contribution in [2.75, 3.05) is 10.6 Å². The molecule has 0 spiro atoms. The van der Waals surface area contributed by atoms with E-state index in [4.69, 9.17) is 11.5 Å². The molecule has 1 unspecified atom stereocenters. The molecule has 0 fully saturated rings. The second kappa shape index (κ2) is 8.18. The van der Waals surface area contributed by atoms with E-state index in [1.54, 1.807) is 0 Å². The highest BCUT2D eigenvalue weighted by molar-refractivity contribution is 8.05. The van der Waals surface area contributed by atoms with Crippen LogP contribution in [0, 0.1) is 0 Å². The van der Waals surface area contributed by atoms with Crippen molar-refractivity contribution in [3.63, 3.8) is 0 Å². The largest absolute Gasteiger partial charge is 0.399 e. The molecule has 3 rings (SSSR count). The summed E-state index contributed by atoms with van der Waals surface area (Å²) in [6.07, 6.45) is 1.34. The Kier molecular flexibility index (Phi) is 5.71. The Morgan fingerprint density at radius 1 is 1.07 bits per heavy atom. The number of aryl methyl sites for hydroxylation is 1. The molecule has 2 amide bonds. The molecule has 7 heteroatoms. The minimum Gasteiger partial charge on any atom is -0.399 e. The third-order valence-electron chi connectivity index (χ3n) is 4.23. The number of nitrogens with two attached hydrogens (primary N) is 2. The number of anilines is 2. The molecule has 0 radical (unpaired) electrons. The van der Waals surface area contributed by atoms with E-state index in [0.717, 1.165) is 23.4 Å². The van der Waals surface area contributed by atoms with Crippen molar-refractivity contribution in [1.29, 1.82) is 0 Å². The van der Waals surface area contributed by atoms with Crippen molar-refractivity contribution in [1.82, 2.24) is 5.32 Å². The Labute approximate surface area is 162 Å². The van der Waals surface area contributed by atoms with E-state index in [0.29, 0.717) is 17.0 Å². The predicted molar refractivity (Wildman–Crippen MR) is 110 cm³/mol. The van der Waals surface area contributed by atoms with Gasteiger partial charge in [0.05, 0.1) is 4.91 Å². The lowest BCUT2D eigenvalue weighted by atomic mass is 10.1. The quantitative estimate of drug-likeness (QED) is 0.667. The molecule has 2 aromatic rings. The molecule has 1 aliphatic heterocycles. The van der Waals surface area contributed by atoms with Crippen LogP contribution < -0.4 is 21.7 Å². The highest BCUT2D eigenvalue weighted by Crippen LogP contribution is 2.41. The van der Waals surface area contributed by atoms with Crippen LogP contribution in [0.2, 0.25) is 0 Å². The second-order valence-electron chi connectivity index (χ2n) is 6.26. The number of nitrogen functional groups attached to an aromatic ring is 1. The van der Waals surface area contributed by atoms with Crippen LogP contribution in [0.3, 0.4) is 0 Å². The van der Waals surface area contributed by atoms with E-state index in [2.05, 4.69) is 5.32 Å². The summed E-state index contributed by atoms with van der Waals surface area (Å²) < 4.78 is 0. The van der Waals surface area contributed by atoms with Gasteiger partial charge in [0.2, 0.25) is 5.91 Å². The smallest absolute Gasteiger partial charge is 0.257 e. The van der Waals surface area contributed by atoms with Gasteiger partial charge in [0.25, 0.3) is 5.91 Å². The number of primary amides is 1. The average Bonchev–Trinajstić information content (AvgIpc) is 2.99. The molecule has 27 heavy (non-hydrogen) atoms. The van der Waals surface area contributed by atoms with Crippen LogP contribution in [0.5, 0.6) is 0 Å². The van der Waals surface area contributed by atoms with Gasteiger partial charge < -0.3 is 21.7 Å². The Hall–Kier alpha value is -2.93. The van der Waals surface area contributed by atoms with Gasteiger partial charge in [-0.05, 0) is 42.7 Å². The standard InChI is InChI=1S/C20H22N4O2S/c1-13(25)23-20-24(16-5-3-2-4-6-16)17(18(27-20)19(22)26)12-9-14-7-10-15(21)11-8-14/h2-8,10-11,20H,9,12,21H2,1H3,(H2,22,26)(H,23,25). The Morgan fingerprint density at radius 2 is 1.74 bits per heavy atom. The summed E-state index contributed by atoms with van der Waals surface area (Å²) in [6.45, 7) is 1.46. The third-order valence-corrected chi connectivity index (χ3v) is 5.46. The van der Waals surface area contributed by atoms with Crippen LogP contribution in [0.4, 0.5) is 11.4 Å². The van der Waals surface area contributed by atoms with E-state index < -0.39 is 11.4 Å². The molecule has 0 saturated carbocycles. The number of nitrogens with zero attached hydrogens (tertiary/aromatic N) is 1. The van der Waals surface area contributed by atoms with E-state index in [-0.39, 0.29) is 5.91 Å². The zero-order chi connectivity index (χ0) is 19.4. The first-order valence-electron chi connectivity index (χ1n) is 8.61. The first kappa shape index (κ1) is 18.8. The predicted octanol–water partition coefficient (Wildman–Crippen LogP) is 2.57. The van der Waals surface area contributed by atoms with E-state index >= 15 is 0 Å². The van der Waals surface area contributed by atoms with Crippen molar-refractivity contribution in [2.24, 2.45) is 5.73 Å². The summed E-state index contributed by atoms with van der Waals surface area (Å²) in [7, 11) is 0. The van der Waals surface area contributed by atoms with Crippen molar-refractivity contribution < 1.29 is 9.59 Å². The molecule has 0 aliphatic carbocycles. The number of allylic oxidation sites excluding steroid dienone is 1. The van der Waals surface area contributed by atoms with Crippen molar-refractivity contribution in [2.45, 2.75) is 25.3 Å². The molecule has 0 saturated heterocycles. The number of amides is 2. The van der Waals surface area contributed by atoms with Gasteiger partial charge in [-0.1, -0.05) is 42.1 Å². The number of para-hydroxylation sites is 1. The molecule has 0 aromatic heterocycles. The number of nitrogens with one attached hydrogen (secondary N) is 1. The van der Waals surface area contributed by atoms with Crippen LogP contribution in [-0.4, -0.2) is 17.3 Å². The Balaban J connectivity index is 1.93. The number of hydrogen-bond acceptors (Lipinski definition) is 5. The summed E-state index contributed by atoms with van der Waals surface area (Å²) in [6, 6.07) is 17.3. The molecule has 1 aliphatic rings. The summed E-state index contributed by atoms with van der Waals surface area (Å²) in [5.74, 6) is -0.655. The lowest BCUT2D eigenvalue weighted by molar-refractivity contribution is -0.119. The monoisotopic (exact) mass is 382 g/mol. The van der Waals surface area contributed by atoms with Gasteiger partial charge in [0.1, 0.15) is 0 Å². The second-order valence-corrected chi connectivity index (χ2v) is 7.35. The van der Waals surface area contributed by atoms with Crippen LogP contribution in [0.1, 0.15) is 18.9 Å². The number of benzene rings is 2. The molecule has 2 aromatic carbocycles. The third kappa shape index (κ3) is 4.43. The normalized spacial score (nSPS) is 16.5. The maximum Gasteiger partial charge on any atom is 0.257 e. The molecule has 6 nitrogen and oxygen atoms in total. The highest BCUT2D eigenvalue weighted by atomic mass is 32.2. The SMILES string of the molecule is CC(=O)NC1SC(C(N)=O)=C(CCc2ccc(N)cc2)N1c1ccccc1. The summed E-state index contributed by atoms with van der Waals surface area (Å²) in [5.41, 5.74) is 14.5. The summed E-state index contributed by atoms with van der Waals surface area (Å²) in [4.78, 5) is 26.2. The van der Waals surface area contributed by atoms with Crippen LogP contribution in [-0.2, 0) is 16.0 Å². The Morgan fingerprint density at radius 3 is 2.33 bits per heavy atom. The summed E-state index contributed by atoms with van der Waals surface area (Å²) >= 11 is 1.27. The Bertz CT molecular complexity index is 865. The molecule has 1 heterocycles. The van der Waals surface area contributed by atoms with Crippen LogP contribution in [0.15, 0.2) is 65.2 Å². The lowest BCUT2D eigenvalue weighted by Crippen LogP contribution is -2.42. The topological polar surface area (TPSA) is 101 Å². The van der Waals surface area contributed by atoms with Crippen molar-refractivity contribution in [3.05, 3.63) is 70.8 Å². The zero-order valence-electron chi connectivity index (χ0n) is 15.0. The average molecular weight is 382 g/mol. The van der Waals surface area contributed by atoms with Gasteiger partial charge in [-0.3, -0.25) is 9.59 Å². The maximum absolute atomic E-state index is 12.1. The first-order chi connectivity index (χ1) is 13.0. The van der Waals surface area contributed by atoms with Crippen molar-refractivity contribution >= 4 is 35.0 Å². The van der Waals surface area contributed by atoms with E-state index in [9.17, 15) is 9.59 Å². The van der Waals surface area contributed by atoms with Gasteiger partial charge in [0.15, 0.2) is 5.50 Å². The van der Waals surface area contributed by atoms with Gasteiger partial charge in [0, 0.05) is 24.0 Å². The number of rotatable bonds is 6. The molecule has 0 bridgehead atoms. The first-order valence-corrected chi connectivity index (χ1v) is 9.49. The zero-order valence-corrected chi connectivity index (χ0v) is 15.8. The fraction of sp³-hybridized carbons (Fsp3) is 0.200. The van der Waals surface area contributed by atoms with Crippen LogP contribution in [0.25, 0.3) is 0 Å².